The van der Waals surface area contributed by atoms with Crippen molar-refractivity contribution in [3.8, 4) is 0 Å². The first-order chi connectivity index (χ1) is 16.7. The summed E-state index contributed by atoms with van der Waals surface area (Å²) in [5.41, 5.74) is 2.10. The molecule has 0 saturated carbocycles. The minimum absolute atomic E-state index is 0.0212. The van der Waals surface area contributed by atoms with Crippen LogP contribution in [0.5, 0.6) is 0 Å². The molecule has 176 valence electrons. The predicted octanol–water partition coefficient (Wildman–Crippen LogP) is 4.62. The third kappa shape index (κ3) is 5.07. The van der Waals surface area contributed by atoms with Gasteiger partial charge in [-0.25, -0.2) is 4.79 Å². The van der Waals surface area contributed by atoms with E-state index in [2.05, 4.69) is 39.8 Å². The van der Waals surface area contributed by atoms with Crippen LogP contribution in [0.1, 0.15) is 31.2 Å². The number of fused-ring (bicyclic) bond motifs is 1. The monoisotopic (exact) mass is 456 g/mol. The van der Waals surface area contributed by atoms with Crippen LogP contribution in [-0.2, 0) is 11.3 Å². The highest BCUT2D eigenvalue weighted by Gasteiger charge is 2.35. The van der Waals surface area contributed by atoms with E-state index in [1.807, 2.05) is 48.5 Å². The van der Waals surface area contributed by atoms with Gasteiger partial charge in [-0.05, 0) is 42.7 Å². The zero-order valence-electron chi connectivity index (χ0n) is 19.5. The summed E-state index contributed by atoms with van der Waals surface area (Å²) in [6.45, 7) is 3.49. The van der Waals surface area contributed by atoms with E-state index in [9.17, 15) is 9.59 Å². The molecule has 0 aromatic heterocycles. The second kappa shape index (κ2) is 10.3. The number of rotatable bonds is 5. The van der Waals surface area contributed by atoms with Crippen LogP contribution < -0.4 is 10.6 Å². The Morgan fingerprint density at radius 3 is 2.38 bits per heavy atom. The number of anilines is 1. The number of carbonyl (C=O) groups is 2. The van der Waals surface area contributed by atoms with Crippen molar-refractivity contribution in [3.05, 3.63) is 78.4 Å². The lowest BCUT2D eigenvalue weighted by molar-refractivity contribution is -0.125. The summed E-state index contributed by atoms with van der Waals surface area (Å²) in [5.74, 6) is -0.0212. The van der Waals surface area contributed by atoms with Crippen molar-refractivity contribution in [1.29, 1.82) is 0 Å². The van der Waals surface area contributed by atoms with Crippen molar-refractivity contribution in [3.63, 3.8) is 0 Å². The second-order valence-electron chi connectivity index (χ2n) is 9.35. The van der Waals surface area contributed by atoms with Gasteiger partial charge in [-0.2, -0.15) is 0 Å². The quantitative estimate of drug-likeness (QED) is 0.589. The van der Waals surface area contributed by atoms with Crippen LogP contribution >= 0.6 is 0 Å². The second-order valence-corrected chi connectivity index (χ2v) is 9.35. The lowest BCUT2D eigenvalue weighted by atomic mass is 10.0. The summed E-state index contributed by atoms with van der Waals surface area (Å²) in [6.07, 6.45) is 3.43. The fourth-order valence-corrected chi connectivity index (χ4v) is 5.18. The molecular weight excluding hydrogens is 424 g/mol. The Kier molecular flexibility index (Phi) is 6.77. The normalized spacial score (nSPS) is 19.3. The maximum absolute atomic E-state index is 13.1. The maximum atomic E-state index is 13.1. The summed E-state index contributed by atoms with van der Waals surface area (Å²) in [7, 11) is 0. The highest BCUT2D eigenvalue weighted by atomic mass is 16.2. The van der Waals surface area contributed by atoms with Gasteiger partial charge < -0.3 is 15.5 Å². The number of carbonyl (C=O) groups excluding carboxylic acids is 2. The Hall–Kier alpha value is -3.38. The van der Waals surface area contributed by atoms with Gasteiger partial charge in [0.25, 0.3) is 0 Å². The largest absolute Gasteiger partial charge is 0.351 e. The van der Waals surface area contributed by atoms with Gasteiger partial charge in [0.1, 0.15) is 6.04 Å². The minimum Gasteiger partial charge on any atom is -0.351 e. The molecule has 6 heteroatoms. The van der Waals surface area contributed by atoms with Gasteiger partial charge in [0.15, 0.2) is 0 Å². The van der Waals surface area contributed by atoms with Gasteiger partial charge in [0.2, 0.25) is 5.91 Å². The predicted molar refractivity (Wildman–Crippen MR) is 136 cm³/mol. The van der Waals surface area contributed by atoms with Crippen LogP contribution in [0, 0.1) is 0 Å². The fraction of sp³-hybridized carbons (Fsp3) is 0.357. The summed E-state index contributed by atoms with van der Waals surface area (Å²) < 4.78 is 0. The molecule has 0 spiro atoms. The van der Waals surface area contributed by atoms with Crippen molar-refractivity contribution < 1.29 is 9.59 Å². The highest BCUT2D eigenvalue weighted by molar-refractivity contribution is 6.02. The Labute approximate surface area is 200 Å². The number of hydrogen-bond donors (Lipinski definition) is 2. The molecule has 2 aliphatic rings. The Morgan fingerprint density at radius 1 is 0.824 bits per heavy atom. The van der Waals surface area contributed by atoms with Crippen LogP contribution in [0.15, 0.2) is 72.8 Å². The van der Waals surface area contributed by atoms with Crippen LogP contribution in [0.25, 0.3) is 10.8 Å². The molecule has 2 saturated heterocycles. The van der Waals surface area contributed by atoms with E-state index in [-0.39, 0.29) is 18.0 Å². The van der Waals surface area contributed by atoms with E-state index in [1.165, 1.54) is 5.56 Å². The lowest BCUT2D eigenvalue weighted by Crippen LogP contribution is -2.52. The molecule has 5 rings (SSSR count). The van der Waals surface area contributed by atoms with Crippen LogP contribution in [0.2, 0.25) is 0 Å². The van der Waals surface area contributed by atoms with Crippen molar-refractivity contribution in [2.45, 2.75) is 44.3 Å². The Bertz CT molecular complexity index is 1140. The highest BCUT2D eigenvalue weighted by Crippen LogP contribution is 2.25. The van der Waals surface area contributed by atoms with Gasteiger partial charge >= 0.3 is 6.03 Å². The molecule has 0 aliphatic carbocycles. The number of benzene rings is 3. The topological polar surface area (TPSA) is 64.7 Å². The molecule has 2 heterocycles. The van der Waals surface area contributed by atoms with Crippen LogP contribution in [-0.4, -0.2) is 53.5 Å². The minimum atomic E-state index is -0.405. The fourth-order valence-electron chi connectivity index (χ4n) is 5.18. The molecule has 0 radical (unpaired) electrons. The molecule has 2 N–H and O–H groups in total. The van der Waals surface area contributed by atoms with Crippen LogP contribution in [0.4, 0.5) is 10.5 Å². The van der Waals surface area contributed by atoms with Crippen molar-refractivity contribution in [2.75, 3.05) is 25.0 Å². The standard InChI is InChI=1S/C28H32N4O2/c33-27(29-23-15-18-31(19-16-23)20-21-8-2-1-3-9-21)26-14-7-17-32(26)28(34)30-25-13-6-11-22-10-4-5-12-24(22)25/h1-6,8-13,23,26H,7,14-20H2,(H,29,33)(H,30,34). The first kappa shape index (κ1) is 22.4. The van der Waals surface area contributed by atoms with Crippen molar-refractivity contribution in [1.82, 2.24) is 15.1 Å². The van der Waals surface area contributed by atoms with Gasteiger partial charge in [-0.15, -0.1) is 0 Å². The zero-order valence-corrected chi connectivity index (χ0v) is 19.5. The van der Waals surface area contributed by atoms with Gasteiger partial charge in [-0.1, -0.05) is 66.7 Å². The lowest BCUT2D eigenvalue weighted by Gasteiger charge is -2.33. The summed E-state index contributed by atoms with van der Waals surface area (Å²) in [4.78, 5) is 30.4. The molecule has 3 aromatic rings. The Morgan fingerprint density at radius 2 is 1.56 bits per heavy atom. The molecule has 1 unspecified atom stereocenters. The third-order valence-corrected chi connectivity index (χ3v) is 7.03. The van der Waals surface area contributed by atoms with E-state index in [0.717, 1.165) is 55.4 Å². The van der Waals surface area contributed by atoms with E-state index in [4.69, 9.17) is 0 Å². The molecule has 0 bridgehead atoms. The van der Waals surface area contributed by atoms with Crippen LogP contribution in [0.3, 0.4) is 0 Å². The summed E-state index contributed by atoms with van der Waals surface area (Å²) in [6, 6.07) is 23.9. The molecule has 2 fully saturated rings. The number of nitrogens with one attached hydrogen (secondary N) is 2. The van der Waals surface area contributed by atoms with Crippen molar-refractivity contribution >= 4 is 28.4 Å². The number of likely N-dealkylation sites (tertiary alicyclic amines) is 2. The van der Waals surface area contributed by atoms with E-state index >= 15 is 0 Å². The third-order valence-electron chi connectivity index (χ3n) is 7.03. The average Bonchev–Trinajstić information content (AvgIpc) is 3.37. The smallest absolute Gasteiger partial charge is 0.322 e. The first-order valence-electron chi connectivity index (χ1n) is 12.3. The first-order valence-corrected chi connectivity index (χ1v) is 12.3. The molecule has 34 heavy (non-hydrogen) atoms. The number of hydrogen-bond acceptors (Lipinski definition) is 3. The molecule has 3 amide bonds. The van der Waals surface area contributed by atoms with Gasteiger partial charge in [0, 0.05) is 37.6 Å². The number of piperidine rings is 1. The maximum Gasteiger partial charge on any atom is 0.322 e. The van der Waals surface area contributed by atoms with Gasteiger partial charge in [0.05, 0.1) is 5.69 Å². The Balaban J connectivity index is 1.15. The zero-order chi connectivity index (χ0) is 23.3. The van der Waals surface area contributed by atoms with E-state index in [1.54, 1.807) is 4.90 Å². The number of nitrogens with zero attached hydrogens (tertiary/aromatic N) is 2. The molecule has 2 aliphatic heterocycles. The SMILES string of the molecule is O=C(NC1CCN(Cc2ccccc2)CC1)C1CCCN1C(=O)Nc1cccc2ccccc12. The number of amides is 3. The number of urea groups is 1. The van der Waals surface area contributed by atoms with E-state index < -0.39 is 6.04 Å². The molecule has 6 nitrogen and oxygen atoms in total. The summed E-state index contributed by atoms with van der Waals surface area (Å²) in [5, 5.41) is 8.36. The van der Waals surface area contributed by atoms with E-state index in [0.29, 0.717) is 13.0 Å². The van der Waals surface area contributed by atoms with Gasteiger partial charge in [-0.3, -0.25) is 9.69 Å². The molecule has 3 aromatic carbocycles. The summed E-state index contributed by atoms with van der Waals surface area (Å²) >= 11 is 0. The van der Waals surface area contributed by atoms with Crippen molar-refractivity contribution in [2.24, 2.45) is 0 Å². The molecular formula is C28H32N4O2. The molecule has 1 atom stereocenters. The average molecular weight is 457 g/mol.